The van der Waals surface area contributed by atoms with Gasteiger partial charge in [-0.15, -0.1) is 0 Å². The Bertz CT molecular complexity index is 2330. The van der Waals surface area contributed by atoms with Crippen LogP contribution < -0.4 is 0 Å². The van der Waals surface area contributed by atoms with Crippen LogP contribution in [0.5, 0.6) is 0 Å². The molecule has 4 aromatic rings. The fourth-order valence-electron chi connectivity index (χ4n) is 10.9. The van der Waals surface area contributed by atoms with Crippen molar-refractivity contribution in [2.24, 2.45) is 11.8 Å². The first-order valence-electron chi connectivity index (χ1n) is 19.2. The maximum absolute atomic E-state index is 15.1. The molecule has 0 saturated carbocycles. The Balaban J connectivity index is 1.78. The summed E-state index contributed by atoms with van der Waals surface area (Å²) in [6, 6.07) is 4.38. The monoisotopic (exact) mass is 674 g/mol. The molecule has 0 amide bonds. The topological polar surface area (TPSA) is 17.1 Å². The molecule has 0 bridgehead atoms. The molecule has 51 heavy (non-hydrogen) atoms. The maximum atomic E-state index is 15.1. The Hall–Kier alpha value is -3.97. The Morgan fingerprint density at radius 2 is 0.824 bits per heavy atom. The smallest absolute Gasteiger partial charge is 0.193 e. The number of fused-ring (bicyclic) bond motifs is 10. The van der Waals surface area contributed by atoms with Gasteiger partial charge in [-0.05, 0) is 257 Å². The first-order chi connectivity index (χ1) is 23.8. The van der Waals surface area contributed by atoms with Crippen molar-refractivity contribution in [3.63, 3.8) is 0 Å². The Morgan fingerprint density at radius 3 is 1.33 bits per heavy atom. The molecule has 0 aromatic heterocycles. The molecule has 2 unspecified atom stereocenters. The summed E-state index contributed by atoms with van der Waals surface area (Å²) >= 11 is 0. The van der Waals surface area contributed by atoms with E-state index in [1.165, 1.54) is 122 Å². The van der Waals surface area contributed by atoms with E-state index in [0.29, 0.717) is 11.8 Å². The summed E-state index contributed by atoms with van der Waals surface area (Å²) in [6.07, 6.45) is 0. The first kappa shape index (κ1) is 35.4. The number of hydrogen-bond donors (Lipinski definition) is 0. The number of ketones is 1. The van der Waals surface area contributed by atoms with Gasteiger partial charge in [0.1, 0.15) is 0 Å². The Kier molecular flexibility index (Phi) is 7.83. The summed E-state index contributed by atoms with van der Waals surface area (Å²) in [6.45, 7) is 41.6. The van der Waals surface area contributed by atoms with Gasteiger partial charge in [-0.1, -0.05) is 25.0 Å². The summed E-state index contributed by atoms with van der Waals surface area (Å²) in [7, 11) is 0. The minimum Gasteiger partial charge on any atom is -0.289 e. The molecule has 0 fully saturated rings. The summed E-state index contributed by atoms with van der Waals surface area (Å²) in [5, 5.41) is 0. The van der Waals surface area contributed by atoms with Crippen molar-refractivity contribution in [1.29, 1.82) is 0 Å². The van der Waals surface area contributed by atoms with Crippen LogP contribution in [0.25, 0.3) is 16.7 Å². The largest absolute Gasteiger partial charge is 0.289 e. The molecule has 0 heterocycles. The molecule has 7 rings (SSSR count). The fraction of sp³-hybridized carbons (Fsp3) is 0.420. The van der Waals surface area contributed by atoms with E-state index in [-0.39, 0.29) is 5.78 Å². The molecular weight excluding hydrogens is 617 g/mol. The number of allylic oxidation sites excluding steroid dienone is 4. The van der Waals surface area contributed by atoms with E-state index < -0.39 is 5.41 Å². The minimum absolute atomic E-state index is 0.143. The van der Waals surface area contributed by atoms with E-state index >= 15 is 4.79 Å². The average molecular weight is 675 g/mol. The van der Waals surface area contributed by atoms with E-state index in [1.54, 1.807) is 0 Å². The first-order valence-corrected chi connectivity index (χ1v) is 19.2. The number of aryl methyl sites for hydroxylation is 2. The van der Waals surface area contributed by atoms with Crippen molar-refractivity contribution in [2.45, 2.75) is 130 Å². The summed E-state index contributed by atoms with van der Waals surface area (Å²) in [5.74, 6) is 0.982. The predicted octanol–water partition coefficient (Wildman–Crippen LogP) is 12.9. The number of hydrogen-bond acceptors (Lipinski definition) is 1. The molecule has 3 aliphatic carbocycles. The highest BCUT2D eigenvalue weighted by Crippen LogP contribution is 2.70. The van der Waals surface area contributed by atoms with Crippen LogP contribution >= 0.6 is 0 Å². The normalized spacial score (nSPS) is 18.5. The van der Waals surface area contributed by atoms with Gasteiger partial charge in [0.05, 0.1) is 5.41 Å². The van der Waals surface area contributed by atoms with E-state index in [1.807, 2.05) is 0 Å². The van der Waals surface area contributed by atoms with Crippen molar-refractivity contribution in [3.8, 4) is 11.1 Å². The third kappa shape index (κ3) is 4.07. The van der Waals surface area contributed by atoms with Crippen molar-refractivity contribution in [3.05, 3.63) is 140 Å². The maximum Gasteiger partial charge on any atom is 0.193 e. The molecule has 1 nitrogen and oxygen atoms in total. The predicted molar refractivity (Wildman–Crippen MR) is 218 cm³/mol. The second-order valence-electron chi connectivity index (χ2n) is 17.0. The molecule has 0 aliphatic heterocycles. The highest BCUT2D eigenvalue weighted by Gasteiger charge is 2.59. The Morgan fingerprint density at radius 1 is 0.431 bits per heavy atom. The summed E-state index contributed by atoms with van der Waals surface area (Å²) < 4.78 is 0. The van der Waals surface area contributed by atoms with Crippen LogP contribution in [-0.2, 0) is 5.41 Å². The van der Waals surface area contributed by atoms with Crippen molar-refractivity contribution in [1.82, 2.24) is 0 Å². The average Bonchev–Trinajstić information content (AvgIpc) is 3.59. The van der Waals surface area contributed by atoms with E-state index in [0.717, 1.165) is 22.3 Å². The fourth-order valence-corrected chi connectivity index (χ4v) is 10.9. The second-order valence-corrected chi connectivity index (χ2v) is 17.0. The van der Waals surface area contributed by atoms with Gasteiger partial charge in [-0.3, -0.25) is 4.79 Å². The van der Waals surface area contributed by atoms with Gasteiger partial charge in [0.2, 0.25) is 0 Å². The standard InChI is InChI=1S/C50H58O/c1-21-19-39(31(11)24(4)23(21)3)49(51)40-20-22(2)41-42-32(12)25(5)28(8)35(15)45(42)50(48(41)38(40)18)46-36(16)29(9)26(6)33(13)43(46)44-34(14)27(7)30(10)37(17)47(44)50/h19-20,25,28H,1-18H3. The van der Waals surface area contributed by atoms with Crippen LogP contribution in [0.3, 0.4) is 0 Å². The zero-order chi connectivity index (χ0) is 37.7. The number of carbonyl (C=O) groups excluding carboxylic acids is 1. The van der Waals surface area contributed by atoms with Crippen molar-refractivity contribution < 1.29 is 4.79 Å². The van der Waals surface area contributed by atoms with Crippen LogP contribution in [0.4, 0.5) is 0 Å². The zero-order valence-electron chi connectivity index (χ0n) is 34.7. The molecular formula is C50H58O. The lowest BCUT2D eigenvalue weighted by Gasteiger charge is -2.40. The number of carbonyl (C=O) groups is 1. The van der Waals surface area contributed by atoms with E-state index in [4.69, 9.17) is 0 Å². The van der Waals surface area contributed by atoms with Crippen LogP contribution in [0.1, 0.15) is 144 Å². The quantitative estimate of drug-likeness (QED) is 0.193. The van der Waals surface area contributed by atoms with Crippen LogP contribution in [-0.4, -0.2) is 5.78 Å². The number of benzene rings is 4. The molecule has 0 radical (unpaired) electrons. The van der Waals surface area contributed by atoms with Crippen molar-refractivity contribution >= 4 is 11.4 Å². The van der Waals surface area contributed by atoms with Crippen LogP contribution in [0.15, 0.2) is 28.9 Å². The lowest BCUT2D eigenvalue weighted by atomic mass is 9.61. The van der Waals surface area contributed by atoms with E-state index in [2.05, 4.69) is 137 Å². The van der Waals surface area contributed by atoms with Gasteiger partial charge in [0, 0.05) is 11.1 Å². The molecule has 2 atom stereocenters. The lowest BCUT2D eigenvalue weighted by Crippen LogP contribution is -2.33. The van der Waals surface area contributed by atoms with Gasteiger partial charge in [0.15, 0.2) is 5.78 Å². The number of rotatable bonds is 2. The molecule has 4 aromatic carbocycles. The van der Waals surface area contributed by atoms with Gasteiger partial charge < -0.3 is 0 Å². The van der Waals surface area contributed by atoms with Crippen LogP contribution in [0, 0.1) is 109 Å². The van der Waals surface area contributed by atoms with Gasteiger partial charge in [-0.25, -0.2) is 0 Å². The van der Waals surface area contributed by atoms with Crippen LogP contribution in [0.2, 0.25) is 0 Å². The van der Waals surface area contributed by atoms with Crippen molar-refractivity contribution in [2.75, 3.05) is 0 Å². The SMILES string of the molecule is CC1=C2C(=C(C)C(C)C1C)C1(c3c(C)c(C(=O)c4cc(C)c(C)c(C)c4C)cc(C)c32)c2c(C)c(C)c(C)c(C)c2-c2c(C)c(C)c(C)c(C)c21. The van der Waals surface area contributed by atoms with Gasteiger partial charge >= 0.3 is 0 Å². The minimum atomic E-state index is -0.519. The highest BCUT2D eigenvalue weighted by molar-refractivity contribution is 6.13. The lowest BCUT2D eigenvalue weighted by molar-refractivity contribution is 0.103. The zero-order valence-corrected chi connectivity index (χ0v) is 34.7. The molecule has 1 spiro atoms. The molecule has 264 valence electrons. The third-order valence-electron chi connectivity index (χ3n) is 15.3. The van der Waals surface area contributed by atoms with E-state index in [9.17, 15) is 0 Å². The second kappa shape index (κ2) is 11.3. The van der Waals surface area contributed by atoms with Gasteiger partial charge in [0.25, 0.3) is 0 Å². The molecule has 1 heteroatoms. The molecule has 3 aliphatic rings. The Labute approximate surface area is 308 Å². The highest BCUT2D eigenvalue weighted by atomic mass is 16.1. The molecule has 0 saturated heterocycles. The summed E-state index contributed by atoms with van der Waals surface area (Å²) in [5.41, 5.74) is 33.8. The molecule has 0 N–H and O–H groups in total. The van der Waals surface area contributed by atoms with Gasteiger partial charge in [-0.2, -0.15) is 0 Å². The summed E-state index contributed by atoms with van der Waals surface area (Å²) in [4.78, 5) is 15.1. The third-order valence-corrected chi connectivity index (χ3v) is 15.3.